The fourth-order valence-corrected chi connectivity index (χ4v) is 8.91. The minimum atomic E-state index is -0.335. The second kappa shape index (κ2) is 23.4. The van der Waals surface area contributed by atoms with Crippen LogP contribution in [0.15, 0.2) is 194 Å². The van der Waals surface area contributed by atoms with Crippen molar-refractivity contribution in [1.82, 2.24) is 21.3 Å². The average molecular weight is 953 g/mol. The Morgan fingerprint density at radius 2 is 0.444 bits per heavy atom. The first-order valence-corrected chi connectivity index (χ1v) is 24.0. The first-order chi connectivity index (χ1) is 35.2. The topological polar surface area (TPSA) is 165 Å². The number of fused-ring (bicyclic) bond motifs is 8. The molecular formula is C60H56N8O4. The van der Waals surface area contributed by atoms with Crippen LogP contribution in [0.2, 0.25) is 0 Å². The van der Waals surface area contributed by atoms with E-state index in [-0.39, 0.29) is 24.1 Å². The van der Waals surface area contributed by atoms with Crippen molar-refractivity contribution in [2.45, 2.75) is 51.9 Å². The highest BCUT2D eigenvalue weighted by Crippen LogP contribution is 2.29. The lowest BCUT2D eigenvalue weighted by atomic mass is 9.92. The maximum Gasteiger partial charge on any atom is 0.319 e. The van der Waals surface area contributed by atoms with Crippen LogP contribution in [0.1, 0.15) is 66.8 Å². The molecule has 0 radical (unpaired) electrons. The van der Waals surface area contributed by atoms with Crippen LogP contribution in [0.5, 0.6) is 0 Å². The molecule has 8 aromatic rings. The third-order valence-corrected chi connectivity index (χ3v) is 12.1. The van der Waals surface area contributed by atoms with Gasteiger partial charge in [-0.1, -0.05) is 146 Å². The molecule has 0 atom stereocenters. The van der Waals surface area contributed by atoms with Crippen LogP contribution < -0.4 is 42.5 Å². The predicted molar refractivity (Wildman–Crippen MR) is 286 cm³/mol. The van der Waals surface area contributed by atoms with Gasteiger partial charge in [-0.2, -0.15) is 0 Å². The minimum Gasteiger partial charge on any atom is -0.334 e. The van der Waals surface area contributed by atoms with Gasteiger partial charge >= 0.3 is 24.1 Å². The van der Waals surface area contributed by atoms with Gasteiger partial charge in [0, 0.05) is 48.9 Å². The molecule has 0 aromatic heterocycles. The highest BCUT2D eigenvalue weighted by molar-refractivity contribution is 5.91. The first-order valence-electron chi connectivity index (χ1n) is 24.0. The lowest BCUT2D eigenvalue weighted by Gasteiger charge is -2.17. The number of benzene rings is 8. The summed E-state index contributed by atoms with van der Waals surface area (Å²) in [6.45, 7) is 1.46. The molecule has 1 aliphatic rings. The summed E-state index contributed by atoms with van der Waals surface area (Å²) in [7, 11) is 0. The Morgan fingerprint density at radius 1 is 0.264 bits per heavy atom. The van der Waals surface area contributed by atoms with E-state index in [9.17, 15) is 19.2 Å². The van der Waals surface area contributed by atoms with Gasteiger partial charge in [0.1, 0.15) is 0 Å². The standard InChI is InChI=1S/C60H56N8O4/c69-57(61-37-41-13-5-1-6-14-41)65-53-29-45-21-46(30-53)26-48-23-50(34-55(32-48)67-59(71)63-39-43-17-9-3-10-18-43)28-52-24-51(35-56(36-52)68-60(72)64-40-44-19-11-4-12-20-44)27-49-22-47(25-45)31-54(33-49)66-58(70)62-38-42-15-7-2-8-16-42/h1-24,29-36H,25-28,37-40H2,(H2,61,65,69)(H2,62,66,70)(H2,63,67,71)(H2,64,68,72). The van der Waals surface area contributed by atoms with Crippen LogP contribution in [0.3, 0.4) is 0 Å². The van der Waals surface area contributed by atoms with Gasteiger partial charge in [-0.15, -0.1) is 0 Å². The van der Waals surface area contributed by atoms with E-state index >= 15 is 0 Å². The zero-order chi connectivity index (χ0) is 49.5. The fourth-order valence-electron chi connectivity index (χ4n) is 8.91. The number of carbonyl (C=O) groups is 4. The maximum absolute atomic E-state index is 13.4. The number of amides is 8. The van der Waals surface area contributed by atoms with E-state index in [1.54, 1.807) is 0 Å². The number of hydrogen-bond donors (Lipinski definition) is 8. The Morgan fingerprint density at radius 3 is 0.625 bits per heavy atom. The van der Waals surface area contributed by atoms with E-state index < -0.39 is 0 Å². The zero-order valence-electron chi connectivity index (χ0n) is 39.8. The quantitative estimate of drug-likeness (QED) is 0.0612. The third kappa shape index (κ3) is 14.4. The summed E-state index contributed by atoms with van der Waals surface area (Å²) >= 11 is 0. The Balaban J connectivity index is 1.06. The summed E-state index contributed by atoms with van der Waals surface area (Å²) in [5.41, 5.74) is 14.0. The van der Waals surface area contributed by atoms with Gasteiger partial charge in [-0.3, -0.25) is 0 Å². The van der Waals surface area contributed by atoms with E-state index in [0.717, 1.165) is 66.8 Å². The van der Waals surface area contributed by atoms with Crippen LogP contribution in [0.4, 0.5) is 41.9 Å². The SMILES string of the molecule is O=C(NCc1ccccc1)Nc1cc2cc(c1)Cc1cc(cc(NC(=O)NCc3ccccc3)c1)Cc1cc(cc(NC(=O)NCc3ccccc3)c1)Cc1cc(cc(NC(=O)NCc3ccccc3)c1)C2. The third-order valence-electron chi connectivity index (χ3n) is 12.1. The number of hydrogen-bond acceptors (Lipinski definition) is 4. The monoisotopic (exact) mass is 952 g/mol. The summed E-state index contributed by atoms with van der Waals surface area (Å²) in [5, 5.41) is 24.3. The highest BCUT2D eigenvalue weighted by Gasteiger charge is 2.15. The van der Waals surface area contributed by atoms with Gasteiger partial charge in [-0.05, 0) is 141 Å². The van der Waals surface area contributed by atoms with E-state index in [0.29, 0.717) is 74.6 Å². The van der Waals surface area contributed by atoms with Crippen LogP contribution in [-0.2, 0) is 51.9 Å². The largest absolute Gasteiger partial charge is 0.334 e. The van der Waals surface area contributed by atoms with Gasteiger partial charge in [0.05, 0.1) is 0 Å². The molecule has 72 heavy (non-hydrogen) atoms. The molecule has 0 saturated heterocycles. The summed E-state index contributed by atoms with van der Waals surface area (Å²) in [6, 6.07) is 62.0. The van der Waals surface area contributed by atoms with Crippen molar-refractivity contribution >= 4 is 46.9 Å². The zero-order valence-corrected chi connectivity index (χ0v) is 39.8. The molecule has 8 N–H and O–H groups in total. The second-order valence-corrected chi connectivity index (χ2v) is 18.0. The number of rotatable bonds is 12. The van der Waals surface area contributed by atoms with E-state index in [2.05, 4.69) is 66.8 Å². The average Bonchev–Trinajstić information content (AvgIpc) is 3.37. The summed E-state index contributed by atoms with van der Waals surface area (Å²) in [6.07, 6.45) is 1.91. The summed E-state index contributed by atoms with van der Waals surface area (Å²) in [5.74, 6) is 0. The molecule has 0 fully saturated rings. The van der Waals surface area contributed by atoms with Gasteiger partial charge in [0.15, 0.2) is 0 Å². The first kappa shape index (κ1) is 47.9. The molecule has 9 rings (SSSR count). The Hall–Kier alpha value is -9.16. The Kier molecular flexibility index (Phi) is 15.6. The van der Waals surface area contributed by atoms with Crippen molar-refractivity contribution in [3.05, 3.63) is 261 Å². The maximum atomic E-state index is 13.4. The van der Waals surface area contributed by atoms with Crippen molar-refractivity contribution in [3.63, 3.8) is 0 Å². The van der Waals surface area contributed by atoms with Gasteiger partial charge < -0.3 is 42.5 Å². The van der Waals surface area contributed by atoms with E-state index in [4.69, 9.17) is 0 Å². The van der Waals surface area contributed by atoms with Crippen LogP contribution >= 0.6 is 0 Å². The molecule has 360 valence electrons. The van der Waals surface area contributed by atoms with Crippen LogP contribution in [0, 0.1) is 0 Å². The highest BCUT2D eigenvalue weighted by atomic mass is 16.2. The predicted octanol–water partition coefficient (Wildman–Crippen LogP) is 11.6. The number of anilines is 4. The van der Waals surface area contributed by atoms with Gasteiger partial charge in [0.2, 0.25) is 0 Å². The van der Waals surface area contributed by atoms with E-state index in [1.165, 1.54) is 0 Å². The Bertz CT molecular complexity index is 2660. The van der Waals surface area contributed by atoms with Crippen LogP contribution in [-0.4, -0.2) is 24.1 Å². The molecule has 0 aliphatic heterocycles. The fraction of sp³-hybridized carbons (Fsp3) is 0.133. The smallest absolute Gasteiger partial charge is 0.319 e. The Labute approximate surface area is 419 Å². The molecule has 12 heteroatoms. The number of nitrogens with one attached hydrogen (secondary N) is 8. The second-order valence-electron chi connectivity index (χ2n) is 18.0. The summed E-state index contributed by atoms with van der Waals surface area (Å²) in [4.78, 5) is 53.7. The molecular weight excluding hydrogens is 897 g/mol. The molecule has 12 nitrogen and oxygen atoms in total. The lowest BCUT2D eigenvalue weighted by molar-refractivity contribution is 0.251. The molecule has 0 saturated carbocycles. The molecule has 8 aromatic carbocycles. The van der Waals surface area contributed by atoms with Gasteiger partial charge in [-0.25, -0.2) is 19.2 Å². The summed E-state index contributed by atoms with van der Waals surface area (Å²) < 4.78 is 0. The van der Waals surface area contributed by atoms with Crippen molar-refractivity contribution < 1.29 is 19.2 Å². The van der Waals surface area contributed by atoms with Crippen molar-refractivity contribution in [1.29, 1.82) is 0 Å². The minimum absolute atomic E-state index is 0.335. The lowest BCUT2D eigenvalue weighted by Crippen LogP contribution is -2.28. The number of carbonyl (C=O) groups excluding carboxylic acids is 4. The normalized spacial score (nSPS) is 11.6. The molecule has 0 spiro atoms. The molecule has 0 unspecified atom stereocenters. The van der Waals surface area contributed by atoms with Crippen molar-refractivity contribution in [3.8, 4) is 0 Å². The molecule has 1 aliphatic carbocycles. The van der Waals surface area contributed by atoms with Crippen molar-refractivity contribution in [2.24, 2.45) is 0 Å². The van der Waals surface area contributed by atoms with Crippen molar-refractivity contribution in [2.75, 3.05) is 21.3 Å². The van der Waals surface area contributed by atoms with Gasteiger partial charge in [0.25, 0.3) is 0 Å². The van der Waals surface area contributed by atoms with E-state index in [1.807, 2.05) is 170 Å². The molecule has 8 bridgehead atoms. The molecule has 0 heterocycles. The molecule has 8 amide bonds. The van der Waals surface area contributed by atoms with Crippen LogP contribution in [0.25, 0.3) is 0 Å². The number of urea groups is 4.